The Morgan fingerprint density at radius 3 is 2.73 bits per heavy atom. The number of amides is 1. The van der Waals surface area contributed by atoms with Crippen LogP contribution in [0.5, 0.6) is 0 Å². The number of hydrogen-bond acceptors (Lipinski definition) is 3. The normalized spacial score (nSPS) is 22.6. The molecular weight excluding hydrogens is 144 g/mol. The molecule has 4 nitrogen and oxygen atoms in total. The zero-order valence-corrected chi connectivity index (χ0v) is 6.47. The van der Waals surface area contributed by atoms with Crippen LogP contribution >= 0.6 is 0 Å². The predicted octanol–water partition coefficient (Wildman–Crippen LogP) is -1.15. The van der Waals surface area contributed by atoms with Crippen molar-refractivity contribution in [1.82, 2.24) is 10.6 Å². The summed E-state index contributed by atoms with van der Waals surface area (Å²) in [5.74, 6) is 0. The summed E-state index contributed by atoms with van der Waals surface area (Å²) in [5, 5.41) is 15.4. The molecule has 0 aromatic heterocycles. The minimum Gasteiger partial charge on any atom is -0.388 e. The van der Waals surface area contributed by atoms with Crippen molar-refractivity contribution in [2.24, 2.45) is 0 Å². The molecule has 64 valence electrons. The van der Waals surface area contributed by atoms with Crippen molar-refractivity contribution in [1.29, 1.82) is 0 Å². The molecule has 0 aromatic carbocycles. The molecule has 1 aliphatic rings. The third kappa shape index (κ3) is 2.48. The number of piperidine rings is 1. The number of aliphatic hydroxyl groups is 1. The fourth-order valence-electron chi connectivity index (χ4n) is 1.30. The first-order chi connectivity index (χ1) is 5.27. The quantitative estimate of drug-likeness (QED) is 0.454. The van der Waals surface area contributed by atoms with Gasteiger partial charge in [-0.15, -0.1) is 0 Å². The lowest BCUT2D eigenvalue weighted by atomic mass is 9.93. The van der Waals surface area contributed by atoms with Crippen LogP contribution in [0.15, 0.2) is 0 Å². The van der Waals surface area contributed by atoms with Crippen molar-refractivity contribution in [3.05, 3.63) is 0 Å². The average molecular weight is 158 g/mol. The van der Waals surface area contributed by atoms with Gasteiger partial charge in [0.2, 0.25) is 6.41 Å². The maximum Gasteiger partial charge on any atom is 0.207 e. The van der Waals surface area contributed by atoms with Gasteiger partial charge in [-0.1, -0.05) is 0 Å². The molecule has 0 atom stereocenters. The van der Waals surface area contributed by atoms with E-state index in [1.807, 2.05) is 0 Å². The molecule has 11 heavy (non-hydrogen) atoms. The highest BCUT2D eigenvalue weighted by Crippen LogP contribution is 2.15. The van der Waals surface area contributed by atoms with Crippen molar-refractivity contribution in [3.8, 4) is 0 Å². The lowest BCUT2D eigenvalue weighted by Crippen LogP contribution is -2.48. The molecule has 0 saturated carbocycles. The van der Waals surface area contributed by atoms with Crippen LogP contribution in [0.25, 0.3) is 0 Å². The zero-order chi connectivity index (χ0) is 8.16. The number of nitrogens with one attached hydrogen (secondary N) is 2. The Balaban J connectivity index is 2.30. The van der Waals surface area contributed by atoms with Gasteiger partial charge >= 0.3 is 0 Å². The van der Waals surface area contributed by atoms with Crippen molar-refractivity contribution in [2.75, 3.05) is 19.6 Å². The first-order valence-corrected chi connectivity index (χ1v) is 3.87. The van der Waals surface area contributed by atoms with E-state index in [1.54, 1.807) is 0 Å². The Morgan fingerprint density at radius 2 is 2.18 bits per heavy atom. The fraction of sp³-hybridized carbons (Fsp3) is 0.857. The third-order valence-electron chi connectivity index (χ3n) is 2.05. The highest BCUT2D eigenvalue weighted by atomic mass is 16.3. The molecule has 0 aliphatic carbocycles. The number of carbonyl (C=O) groups excluding carboxylic acids is 1. The highest BCUT2D eigenvalue weighted by molar-refractivity contribution is 5.46. The van der Waals surface area contributed by atoms with Crippen LogP contribution in [0.3, 0.4) is 0 Å². The Labute approximate surface area is 66.0 Å². The monoisotopic (exact) mass is 158 g/mol. The molecule has 0 aromatic rings. The zero-order valence-electron chi connectivity index (χ0n) is 6.47. The Hall–Kier alpha value is -0.610. The summed E-state index contributed by atoms with van der Waals surface area (Å²) in [7, 11) is 0. The second-order valence-corrected chi connectivity index (χ2v) is 2.97. The van der Waals surface area contributed by atoms with Crippen LogP contribution in [-0.2, 0) is 4.79 Å². The molecule has 1 saturated heterocycles. The standard InChI is InChI=1S/C7H14N2O2/c10-6-9-5-7(11)1-3-8-4-2-7/h6,8,11H,1-5H2,(H,9,10). The van der Waals surface area contributed by atoms with E-state index >= 15 is 0 Å². The molecule has 0 bridgehead atoms. The third-order valence-corrected chi connectivity index (χ3v) is 2.05. The lowest BCUT2D eigenvalue weighted by molar-refractivity contribution is -0.111. The van der Waals surface area contributed by atoms with Crippen LogP contribution in [-0.4, -0.2) is 36.8 Å². The van der Waals surface area contributed by atoms with Crippen LogP contribution < -0.4 is 10.6 Å². The summed E-state index contributed by atoms with van der Waals surface area (Å²) in [5.41, 5.74) is -0.674. The molecule has 1 amide bonds. The Morgan fingerprint density at radius 1 is 1.55 bits per heavy atom. The van der Waals surface area contributed by atoms with E-state index in [4.69, 9.17) is 0 Å². The topological polar surface area (TPSA) is 61.4 Å². The van der Waals surface area contributed by atoms with Crippen LogP contribution in [0, 0.1) is 0 Å². The smallest absolute Gasteiger partial charge is 0.207 e. The molecule has 0 radical (unpaired) electrons. The Kier molecular flexibility index (Phi) is 2.84. The van der Waals surface area contributed by atoms with E-state index in [2.05, 4.69) is 10.6 Å². The maximum absolute atomic E-state index is 9.95. The van der Waals surface area contributed by atoms with E-state index in [-0.39, 0.29) is 0 Å². The minimum atomic E-state index is -0.674. The first-order valence-electron chi connectivity index (χ1n) is 3.87. The van der Waals surface area contributed by atoms with E-state index in [9.17, 15) is 9.90 Å². The van der Waals surface area contributed by atoms with E-state index in [1.165, 1.54) is 0 Å². The molecule has 1 fully saturated rings. The average Bonchev–Trinajstić information content (AvgIpc) is 2.03. The Bertz CT molecular complexity index is 132. The summed E-state index contributed by atoms with van der Waals surface area (Å²) in [6.07, 6.45) is 2.06. The van der Waals surface area contributed by atoms with Gasteiger partial charge in [0.15, 0.2) is 0 Å². The van der Waals surface area contributed by atoms with Crippen molar-refractivity contribution in [2.45, 2.75) is 18.4 Å². The van der Waals surface area contributed by atoms with Gasteiger partial charge in [-0.25, -0.2) is 0 Å². The number of hydrogen-bond donors (Lipinski definition) is 3. The van der Waals surface area contributed by atoms with Gasteiger partial charge in [-0.05, 0) is 25.9 Å². The first kappa shape index (κ1) is 8.49. The van der Waals surface area contributed by atoms with Crippen molar-refractivity contribution >= 4 is 6.41 Å². The van der Waals surface area contributed by atoms with Gasteiger partial charge in [0.1, 0.15) is 0 Å². The largest absolute Gasteiger partial charge is 0.388 e. The second-order valence-electron chi connectivity index (χ2n) is 2.97. The lowest BCUT2D eigenvalue weighted by Gasteiger charge is -2.31. The van der Waals surface area contributed by atoms with E-state index in [0.717, 1.165) is 13.1 Å². The summed E-state index contributed by atoms with van der Waals surface area (Å²) >= 11 is 0. The number of carbonyl (C=O) groups is 1. The van der Waals surface area contributed by atoms with Crippen molar-refractivity contribution < 1.29 is 9.90 Å². The molecule has 0 spiro atoms. The maximum atomic E-state index is 9.95. The van der Waals surface area contributed by atoms with Crippen LogP contribution in [0.4, 0.5) is 0 Å². The van der Waals surface area contributed by atoms with E-state index in [0.29, 0.717) is 25.8 Å². The summed E-state index contributed by atoms with van der Waals surface area (Å²) in [4.78, 5) is 9.95. The molecule has 1 heterocycles. The minimum absolute atomic E-state index is 0.373. The molecule has 4 heteroatoms. The highest BCUT2D eigenvalue weighted by Gasteiger charge is 2.28. The molecule has 1 aliphatic heterocycles. The number of rotatable bonds is 3. The van der Waals surface area contributed by atoms with Gasteiger partial charge in [0.25, 0.3) is 0 Å². The van der Waals surface area contributed by atoms with Gasteiger partial charge < -0.3 is 15.7 Å². The van der Waals surface area contributed by atoms with Gasteiger partial charge in [-0.2, -0.15) is 0 Å². The predicted molar refractivity (Wildman–Crippen MR) is 41.1 cm³/mol. The van der Waals surface area contributed by atoms with Crippen LogP contribution in [0.1, 0.15) is 12.8 Å². The second kappa shape index (κ2) is 3.69. The molecule has 0 unspecified atom stereocenters. The van der Waals surface area contributed by atoms with Gasteiger partial charge in [0.05, 0.1) is 5.60 Å². The molecular formula is C7H14N2O2. The molecule has 1 rings (SSSR count). The van der Waals surface area contributed by atoms with Gasteiger partial charge in [-0.3, -0.25) is 4.79 Å². The summed E-state index contributed by atoms with van der Waals surface area (Å²) < 4.78 is 0. The van der Waals surface area contributed by atoms with Gasteiger partial charge in [0, 0.05) is 6.54 Å². The van der Waals surface area contributed by atoms with Crippen LogP contribution in [0.2, 0.25) is 0 Å². The SMILES string of the molecule is O=CNCC1(O)CCNCC1. The summed E-state index contributed by atoms with van der Waals surface area (Å²) in [6, 6.07) is 0. The fourth-order valence-corrected chi connectivity index (χ4v) is 1.30. The summed E-state index contributed by atoms with van der Waals surface area (Å²) in [6.45, 7) is 2.03. The van der Waals surface area contributed by atoms with Crippen molar-refractivity contribution in [3.63, 3.8) is 0 Å². The molecule has 3 N–H and O–H groups in total. The van der Waals surface area contributed by atoms with E-state index < -0.39 is 5.60 Å².